The molecule has 0 saturated carbocycles. The van der Waals surface area contributed by atoms with E-state index in [0.29, 0.717) is 22.8 Å². The van der Waals surface area contributed by atoms with Gasteiger partial charge < -0.3 is 15.2 Å². The van der Waals surface area contributed by atoms with Gasteiger partial charge in [0.1, 0.15) is 5.75 Å². The second kappa shape index (κ2) is 8.32. The molecule has 1 heterocycles. The fourth-order valence-electron chi connectivity index (χ4n) is 2.22. The van der Waals surface area contributed by atoms with Crippen LogP contribution in [0.1, 0.15) is 26.5 Å². The molecule has 10 heteroatoms. The van der Waals surface area contributed by atoms with Gasteiger partial charge in [-0.25, -0.2) is 4.79 Å². The van der Waals surface area contributed by atoms with E-state index < -0.39 is 5.97 Å². The fourth-order valence-corrected chi connectivity index (χ4v) is 2.96. The van der Waals surface area contributed by atoms with Crippen molar-refractivity contribution in [3.05, 3.63) is 59.4 Å². The number of thioether (sulfide) groups is 1. The van der Waals surface area contributed by atoms with Crippen molar-refractivity contribution in [2.45, 2.75) is 10.6 Å². The molecule has 0 radical (unpaired) electrons. The molecule has 0 fully saturated rings. The number of methoxy groups -OCH3 is 1. The van der Waals surface area contributed by atoms with E-state index in [2.05, 4.69) is 25.9 Å². The molecule has 3 rings (SSSR count). The lowest BCUT2D eigenvalue weighted by Crippen LogP contribution is -2.13. The van der Waals surface area contributed by atoms with Crippen LogP contribution in [0, 0.1) is 0 Å². The molecule has 3 aromatic rings. The zero-order valence-corrected chi connectivity index (χ0v) is 15.0. The third-order valence-electron chi connectivity index (χ3n) is 3.57. The summed E-state index contributed by atoms with van der Waals surface area (Å²) in [5, 5.41) is 25.4. The number of carboxylic acids is 1. The number of benzene rings is 2. The molecule has 0 spiro atoms. The van der Waals surface area contributed by atoms with Gasteiger partial charge in [0.2, 0.25) is 0 Å². The van der Waals surface area contributed by atoms with Gasteiger partial charge in [-0.3, -0.25) is 4.79 Å². The van der Waals surface area contributed by atoms with Crippen molar-refractivity contribution in [1.29, 1.82) is 0 Å². The first-order valence-corrected chi connectivity index (χ1v) is 8.73. The monoisotopic (exact) mass is 385 g/mol. The molecule has 9 nitrogen and oxygen atoms in total. The van der Waals surface area contributed by atoms with Gasteiger partial charge in [-0.05, 0) is 42.5 Å². The van der Waals surface area contributed by atoms with Crippen molar-refractivity contribution in [2.75, 3.05) is 12.4 Å². The summed E-state index contributed by atoms with van der Waals surface area (Å²) in [5.74, 6) is 0.0373. The van der Waals surface area contributed by atoms with E-state index in [1.54, 1.807) is 12.1 Å². The summed E-state index contributed by atoms with van der Waals surface area (Å²) >= 11 is 1.52. The number of aromatic amines is 1. The number of carbonyl (C=O) groups excluding carboxylic acids is 1. The highest BCUT2D eigenvalue weighted by atomic mass is 32.2. The third-order valence-corrected chi connectivity index (χ3v) is 4.58. The lowest BCUT2D eigenvalue weighted by Gasteiger charge is -2.11. The molecule has 0 aliphatic heterocycles. The predicted octanol–water partition coefficient (Wildman–Crippen LogP) is 2.45. The Morgan fingerprint density at radius 2 is 1.93 bits per heavy atom. The molecule has 0 unspecified atom stereocenters. The summed E-state index contributed by atoms with van der Waals surface area (Å²) in [6, 6.07) is 11.3. The maximum Gasteiger partial charge on any atom is 0.335 e. The van der Waals surface area contributed by atoms with Gasteiger partial charge in [0.05, 0.1) is 24.1 Å². The van der Waals surface area contributed by atoms with Gasteiger partial charge in [0.25, 0.3) is 5.91 Å². The highest BCUT2D eigenvalue weighted by molar-refractivity contribution is 7.98. The normalized spacial score (nSPS) is 10.4. The molecule has 0 aliphatic carbocycles. The maximum absolute atomic E-state index is 12.4. The van der Waals surface area contributed by atoms with Crippen LogP contribution in [0.2, 0.25) is 0 Å². The Bertz CT molecular complexity index is 944. The molecule has 138 valence electrons. The number of ether oxygens (including phenoxy) is 1. The van der Waals surface area contributed by atoms with Gasteiger partial charge in [-0.15, -0.1) is 22.0 Å². The third kappa shape index (κ3) is 4.61. The second-order valence-electron chi connectivity index (χ2n) is 5.32. The van der Waals surface area contributed by atoms with Crippen LogP contribution in [0.4, 0.5) is 5.69 Å². The maximum atomic E-state index is 12.4. The van der Waals surface area contributed by atoms with Crippen LogP contribution in [-0.4, -0.2) is 44.7 Å². The molecular formula is C17H15N5O4S. The van der Waals surface area contributed by atoms with E-state index in [-0.39, 0.29) is 17.2 Å². The number of anilines is 1. The summed E-state index contributed by atoms with van der Waals surface area (Å²) in [6.45, 7) is 0. The first kappa shape index (κ1) is 18.4. The molecule has 0 atom stereocenters. The number of aromatic carboxylic acids is 1. The van der Waals surface area contributed by atoms with Crippen molar-refractivity contribution in [1.82, 2.24) is 20.6 Å². The number of hydrogen-bond donors (Lipinski definition) is 3. The minimum Gasteiger partial charge on any atom is -0.495 e. The quantitative estimate of drug-likeness (QED) is 0.529. The topological polar surface area (TPSA) is 130 Å². The average Bonchev–Trinajstić information content (AvgIpc) is 3.20. The molecule has 0 bridgehead atoms. The molecule has 3 N–H and O–H groups in total. The molecule has 2 aromatic carbocycles. The van der Waals surface area contributed by atoms with Crippen LogP contribution in [0.15, 0.2) is 47.4 Å². The first-order chi connectivity index (χ1) is 13.1. The second-order valence-corrected chi connectivity index (χ2v) is 6.36. The van der Waals surface area contributed by atoms with Gasteiger partial charge in [-0.1, -0.05) is 5.21 Å². The van der Waals surface area contributed by atoms with Crippen molar-refractivity contribution in [2.24, 2.45) is 0 Å². The van der Waals surface area contributed by atoms with Crippen LogP contribution in [-0.2, 0) is 5.75 Å². The molecule has 0 saturated heterocycles. The average molecular weight is 385 g/mol. The predicted molar refractivity (Wildman–Crippen MR) is 98.1 cm³/mol. The van der Waals surface area contributed by atoms with Crippen molar-refractivity contribution in [3.8, 4) is 5.75 Å². The molecule has 0 aliphatic rings. The van der Waals surface area contributed by atoms with Crippen LogP contribution < -0.4 is 10.1 Å². The van der Waals surface area contributed by atoms with E-state index in [1.807, 2.05) is 12.1 Å². The smallest absolute Gasteiger partial charge is 0.335 e. The van der Waals surface area contributed by atoms with Gasteiger partial charge in [-0.2, -0.15) is 5.21 Å². The zero-order valence-electron chi connectivity index (χ0n) is 14.2. The molecule has 27 heavy (non-hydrogen) atoms. The van der Waals surface area contributed by atoms with E-state index in [1.165, 1.54) is 37.1 Å². The van der Waals surface area contributed by atoms with Crippen LogP contribution in [0.5, 0.6) is 5.75 Å². The SMILES string of the molecule is COc1cc(C(=O)O)ccc1NC(=O)c1ccc(SCc2nn[nH]n2)cc1. The van der Waals surface area contributed by atoms with Gasteiger partial charge in [0, 0.05) is 10.5 Å². The minimum absolute atomic E-state index is 0.0767. The number of carbonyl (C=O) groups is 2. The lowest BCUT2D eigenvalue weighted by molar-refractivity contribution is 0.0696. The number of aromatic nitrogens is 4. The number of tetrazole rings is 1. The number of rotatable bonds is 7. The van der Waals surface area contributed by atoms with Gasteiger partial charge >= 0.3 is 5.97 Å². The van der Waals surface area contributed by atoms with Gasteiger partial charge in [0.15, 0.2) is 5.82 Å². The standard InChI is InChI=1S/C17H15N5O4S/c1-26-14-8-11(17(24)25)4-7-13(14)18-16(23)10-2-5-12(6-3-10)27-9-15-19-21-22-20-15/h2-8H,9H2,1H3,(H,18,23)(H,24,25)(H,19,20,21,22). The van der Waals surface area contributed by atoms with Crippen molar-refractivity contribution >= 4 is 29.3 Å². The Morgan fingerprint density at radius 1 is 1.19 bits per heavy atom. The van der Waals surface area contributed by atoms with Crippen LogP contribution in [0.3, 0.4) is 0 Å². The van der Waals surface area contributed by atoms with E-state index in [4.69, 9.17) is 9.84 Å². The molecular weight excluding hydrogens is 370 g/mol. The Labute approximate surface area is 158 Å². The fraction of sp³-hybridized carbons (Fsp3) is 0.118. The number of hydrogen-bond acceptors (Lipinski definition) is 7. The number of amides is 1. The number of nitrogens with zero attached hydrogens (tertiary/aromatic N) is 3. The zero-order chi connectivity index (χ0) is 19.2. The largest absolute Gasteiger partial charge is 0.495 e. The van der Waals surface area contributed by atoms with E-state index >= 15 is 0 Å². The number of H-pyrrole nitrogens is 1. The Balaban J connectivity index is 1.66. The lowest BCUT2D eigenvalue weighted by atomic mass is 10.1. The number of nitrogens with one attached hydrogen (secondary N) is 2. The van der Waals surface area contributed by atoms with Crippen molar-refractivity contribution in [3.63, 3.8) is 0 Å². The Kier molecular flexibility index (Phi) is 5.67. The highest BCUT2D eigenvalue weighted by Crippen LogP contribution is 2.27. The van der Waals surface area contributed by atoms with Crippen LogP contribution in [0.25, 0.3) is 0 Å². The minimum atomic E-state index is -1.07. The summed E-state index contributed by atoms with van der Waals surface area (Å²) in [6.07, 6.45) is 0. The highest BCUT2D eigenvalue weighted by Gasteiger charge is 2.13. The Morgan fingerprint density at radius 3 is 2.56 bits per heavy atom. The number of carboxylic acid groups (broad SMARTS) is 1. The first-order valence-electron chi connectivity index (χ1n) is 7.74. The van der Waals surface area contributed by atoms with E-state index in [0.717, 1.165) is 4.90 Å². The summed E-state index contributed by atoms with van der Waals surface area (Å²) < 4.78 is 5.16. The molecule has 1 amide bonds. The van der Waals surface area contributed by atoms with Crippen molar-refractivity contribution < 1.29 is 19.4 Å². The summed E-state index contributed by atoms with van der Waals surface area (Å²) in [7, 11) is 1.41. The molecule has 1 aromatic heterocycles. The Hall–Kier alpha value is -3.40. The summed E-state index contributed by atoms with van der Waals surface area (Å²) in [4.78, 5) is 24.4. The van der Waals surface area contributed by atoms with Crippen LogP contribution >= 0.6 is 11.8 Å². The summed E-state index contributed by atoms with van der Waals surface area (Å²) in [5.41, 5.74) is 0.930. The van der Waals surface area contributed by atoms with E-state index in [9.17, 15) is 9.59 Å².